The van der Waals surface area contributed by atoms with Crippen molar-refractivity contribution in [3.05, 3.63) is 0 Å². The normalized spacial score (nSPS) is 12.2. The third-order valence-electron chi connectivity index (χ3n) is 1.60. The SMILES string of the molecule is CC(=O)NC(CN(C)CC(N)=O)C(=O)O. The first kappa shape index (κ1) is 13.4. The van der Waals surface area contributed by atoms with Crippen LogP contribution in [0.4, 0.5) is 0 Å². The van der Waals surface area contributed by atoms with Crippen LogP contribution in [0.15, 0.2) is 0 Å². The lowest BCUT2D eigenvalue weighted by Gasteiger charge is -2.20. The molecule has 2 amide bonds. The lowest BCUT2D eigenvalue weighted by atomic mass is 10.2. The Morgan fingerprint density at radius 3 is 2.33 bits per heavy atom. The van der Waals surface area contributed by atoms with E-state index in [1.165, 1.54) is 11.8 Å². The van der Waals surface area contributed by atoms with Gasteiger partial charge in [0.05, 0.1) is 6.54 Å². The second-order valence-corrected chi connectivity index (χ2v) is 3.25. The highest BCUT2D eigenvalue weighted by Gasteiger charge is 2.20. The number of aliphatic carboxylic acids is 1. The molecule has 0 aromatic rings. The number of amides is 2. The van der Waals surface area contributed by atoms with Gasteiger partial charge in [-0.15, -0.1) is 0 Å². The predicted octanol–water partition coefficient (Wildman–Crippen LogP) is -2.01. The van der Waals surface area contributed by atoms with Crippen molar-refractivity contribution in [1.82, 2.24) is 10.2 Å². The van der Waals surface area contributed by atoms with Crippen LogP contribution in [-0.4, -0.2) is 54.0 Å². The molecule has 0 aliphatic carbocycles. The summed E-state index contributed by atoms with van der Waals surface area (Å²) in [6, 6.07) is -1.04. The van der Waals surface area contributed by atoms with Crippen LogP contribution in [0.3, 0.4) is 0 Å². The number of hydrogen-bond donors (Lipinski definition) is 3. The number of primary amides is 1. The Kier molecular flexibility index (Phi) is 5.32. The Morgan fingerprint density at radius 1 is 1.47 bits per heavy atom. The number of carboxylic acids is 1. The third-order valence-corrected chi connectivity index (χ3v) is 1.60. The molecule has 86 valence electrons. The topological polar surface area (TPSA) is 113 Å². The molecule has 7 nitrogen and oxygen atoms in total. The van der Waals surface area contributed by atoms with Crippen molar-refractivity contribution in [2.45, 2.75) is 13.0 Å². The van der Waals surface area contributed by atoms with Crippen LogP contribution in [0.1, 0.15) is 6.92 Å². The van der Waals surface area contributed by atoms with Crippen LogP contribution in [0.5, 0.6) is 0 Å². The van der Waals surface area contributed by atoms with Gasteiger partial charge in [0.2, 0.25) is 11.8 Å². The summed E-state index contributed by atoms with van der Waals surface area (Å²) in [6.45, 7) is 1.20. The molecular weight excluding hydrogens is 202 g/mol. The van der Waals surface area contributed by atoms with E-state index in [0.29, 0.717) is 0 Å². The van der Waals surface area contributed by atoms with Crippen LogP contribution in [0, 0.1) is 0 Å². The average Bonchev–Trinajstić information content (AvgIpc) is 1.99. The molecule has 0 aliphatic rings. The Bertz CT molecular complexity index is 267. The predicted molar refractivity (Wildman–Crippen MR) is 51.9 cm³/mol. The van der Waals surface area contributed by atoms with Crippen LogP contribution < -0.4 is 11.1 Å². The van der Waals surface area contributed by atoms with Crippen LogP contribution in [-0.2, 0) is 14.4 Å². The van der Waals surface area contributed by atoms with Gasteiger partial charge < -0.3 is 16.2 Å². The third kappa shape index (κ3) is 6.44. The maximum atomic E-state index is 10.7. The van der Waals surface area contributed by atoms with Gasteiger partial charge in [-0.2, -0.15) is 0 Å². The number of nitrogens with one attached hydrogen (secondary N) is 1. The monoisotopic (exact) mass is 217 g/mol. The quantitative estimate of drug-likeness (QED) is 0.476. The number of hydrogen-bond acceptors (Lipinski definition) is 4. The van der Waals surface area contributed by atoms with Crippen LogP contribution in [0.25, 0.3) is 0 Å². The molecule has 15 heavy (non-hydrogen) atoms. The van der Waals surface area contributed by atoms with Gasteiger partial charge in [0, 0.05) is 13.5 Å². The van der Waals surface area contributed by atoms with E-state index < -0.39 is 23.8 Å². The van der Waals surface area contributed by atoms with Gasteiger partial charge in [-0.25, -0.2) is 4.79 Å². The fourth-order valence-corrected chi connectivity index (χ4v) is 1.07. The molecule has 0 fully saturated rings. The highest BCUT2D eigenvalue weighted by atomic mass is 16.4. The minimum Gasteiger partial charge on any atom is -0.480 e. The Labute approximate surface area is 87.2 Å². The van der Waals surface area contributed by atoms with Gasteiger partial charge in [-0.05, 0) is 7.05 Å². The summed E-state index contributed by atoms with van der Waals surface area (Å²) in [6.07, 6.45) is 0. The summed E-state index contributed by atoms with van der Waals surface area (Å²) in [4.78, 5) is 33.3. The number of rotatable bonds is 6. The Morgan fingerprint density at radius 2 is 2.00 bits per heavy atom. The molecule has 1 unspecified atom stereocenters. The van der Waals surface area contributed by atoms with Crippen molar-refractivity contribution in [2.75, 3.05) is 20.1 Å². The molecule has 0 aromatic heterocycles. The molecule has 0 rings (SSSR count). The Hall–Kier alpha value is -1.63. The van der Waals surface area contributed by atoms with Crippen molar-refractivity contribution in [3.8, 4) is 0 Å². The molecule has 0 spiro atoms. The van der Waals surface area contributed by atoms with Gasteiger partial charge in [-0.1, -0.05) is 0 Å². The van der Waals surface area contributed by atoms with Crippen LogP contribution >= 0.6 is 0 Å². The molecular formula is C8H15N3O4. The van der Waals surface area contributed by atoms with E-state index >= 15 is 0 Å². The summed E-state index contributed by atoms with van der Waals surface area (Å²) < 4.78 is 0. The highest BCUT2D eigenvalue weighted by Crippen LogP contribution is 1.90. The van der Waals surface area contributed by atoms with E-state index in [4.69, 9.17) is 10.8 Å². The van der Waals surface area contributed by atoms with Crippen molar-refractivity contribution in [3.63, 3.8) is 0 Å². The summed E-state index contributed by atoms with van der Waals surface area (Å²) in [7, 11) is 1.54. The molecule has 0 heterocycles. The minimum absolute atomic E-state index is 0.0256. The molecule has 4 N–H and O–H groups in total. The zero-order chi connectivity index (χ0) is 12.0. The fraction of sp³-hybridized carbons (Fsp3) is 0.625. The molecule has 0 saturated heterocycles. The first-order chi connectivity index (χ1) is 6.82. The van der Waals surface area contributed by atoms with E-state index in [0.717, 1.165) is 0 Å². The van der Waals surface area contributed by atoms with Crippen molar-refractivity contribution >= 4 is 17.8 Å². The lowest BCUT2D eigenvalue weighted by molar-refractivity contribution is -0.142. The molecule has 7 heteroatoms. The van der Waals surface area contributed by atoms with E-state index in [9.17, 15) is 14.4 Å². The van der Waals surface area contributed by atoms with E-state index in [2.05, 4.69) is 5.32 Å². The molecule has 0 aromatic carbocycles. The van der Waals surface area contributed by atoms with Gasteiger partial charge >= 0.3 is 5.97 Å². The number of carboxylic acid groups (broad SMARTS) is 1. The minimum atomic E-state index is -1.15. The number of nitrogens with zero attached hydrogens (tertiary/aromatic N) is 1. The summed E-state index contributed by atoms with van der Waals surface area (Å²) in [5, 5.41) is 11.0. The first-order valence-corrected chi connectivity index (χ1v) is 4.29. The summed E-state index contributed by atoms with van der Waals surface area (Å²) in [5.74, 6) is -2.14. The smallest absolute Gasteiger partial charge is 0.327 e. The molecule has 0 radical (unpaired) electrons. The zero-order valence-electron chi connectivity index (χ0n) is 8.69. The number of nitrogens with two attached hydrogens (primary N) is 1. The van der Waals surface area contributed by atoms with Gasteiger partial charge in [0.25, 0.3) is 0 Å². The summed E-state index contributed by atoms with van der Waals surface area (Å²) in [5.41, 5.74) is 4.93. The standard InChI is InChI=1S/C8H15N3O4/c1-5(12)10-6(8(14)15)3-11(2)4-7(9)13/h6H,3-4H2,1-2H3,(H2,9,13)(H,10,12)(H,14,15). The maximum Gasteiger partial charge on any atom is 0.327 e. The maximum absolute atomic E-state index is 10.7. The molecule has 0 bridgehead atoms. The van der Waals surface area contributed by atoms with Gasteiger partial charge in [-0.3, -0.25) is 14.5 Å². The highest BCUT2D eigenvalue weighted by molar-refractivity contribution is 5.82. The molecule has 0 saturated carbocycles. The van der Waals surface area contributed by atoms with E-state index in [-0.39, 0.29) is 13.1 Å². The number of likely N-dealkylation sites (N-methyl/N-ethyl adjacent to an activating group) is 1. The lowest BCUT2D eigenvalue weighted by Crippen LogP contribution is -2.48. The average molecular weight is 217 g/mol. The van der Waals surface area contributed by atoms with E-state index in [1.807, 2.05) is 0 Å². The van der Waals surface area contributed by atoms with Gasteiger partial charge in [0.1, 0.15) is 6.04 Å². The second-order valence-electron chi connectivity index (χ2n) is 3.25. The molecule has 1 atom stereocenters. The van der Waals surface area contributed by atoms with Crippen molar-refractivity contribution < 1.29 is 19.5 Å². The summed E-state index contributed by atoms with van der Waals surface area (Å²) >= 11 is 0. The fourth-order valence-electron chi connectivity index (χ4n) is 1.07. The first-order valence-electron chi connectivity index (χ1n) is 4.29. The van der Waals surface area contributed by atoms with Crippen molar-refractivity contribution in [1.29, 1.82) is 0 Å². The van der Waals surface area contributed by atoms with Crippen LogP contribution in [0.2, 0.25) is 0 Å². The number of carbonyl (C=O) groups excluding carboxylic acids is 2. The Balaban J connectivity index is 4.21. The largest absolute Gasteiger partial charge is 0.480 e. The van der Waals surface area contributed by atoms with E-state index in [1.54, 1.807) is 7.05 Å². The second kappa shape index (κ2) is 5.97. The number of carbonyl (C=O) groups is 3. The molecule has 0 aliphatic heterocycles. The van der Waals surface area contributed by atoms with Crippen molar-refractivity contribution in [2.24, 2.45) is 5.73 Å². The van der Waals surface area contributed by atoms with Gasteiger partial charge in [0.15, 0.2) is 0 Å². The zero-order valence-corrected chi connectivity index (χ0v) is 8.69.